The van der Waals surface area contributed by atoms with Gasteiger partial charge in [-0.25, -0.2) is 0 Å². The molecule has 0 aromatic rings. The second-order valence-electron chi connectivity index (χ2n) is 14.5. The number of hydrogen-bond donors (Lipinski definition) is 0. The van der Waals surface area contributed by atoms with Crippen LogP contribution in [0.1, 0.15) is 156 Å². The first-order valence-electron chi connectivity index (χ1n) is 23.0. The van der Waals surface area contributed by atoms with Crippen LogP contribution in [0.2, 0.25) is 0 Å². The molecular formula is C54H80O6. The first kappa shape index (κ1) is 55.3. The zero-order valence-corrected chi connectivity index (χ0v) is 37.6. The number of esters is 3. The van der Waals surface area contributed by atoms with Gasteiger partial charge in [0.1, 0.15) is 13.2 Å². The summed E-state index contributed by atoms with van der Waals surface area (Å²) < 4.78 is 16.5. The van der Waals surface area contributed by atoms with Gasteiger partial charge in [-0.05, 0) is 70.6 Å². The molecule has 0 amide bonds. The minimum absolute atomic E-state index is 0.150. The van der Waals surface area contributed by atoms with Crippen molar-refractivity contribution >= 4 is 17.9 Å². The number of hydrogen-bond acceptors (Lipinski definition) is 6. The van der Waals surface area contributed by atoms with E-state index in [9.17, 15) is 14.4 Å². The topological polar surface area (TPSA) is 78.9 Å². The third kappa shape index (κ3) is 44.4. The maximum Gasteiger partial charge on any atom is 0.306 e. The maximum absolute atomic E-state index is 12.7. The SMILES string of the molecule is CC\C=C/C=C\C=C/C=C\C=C/CCCC(=O)OCC(COC(=O)CCCCC/C=C\C=C/CCCCCCCCC)OC(=O)CCC\C=C/C=C\C=C/C=C\C=C/CC. The van der Waals surface area contributed by atoms with Crippen LogP contribution in [0.4, 0.5) is 0 Å². The molecule has 0 fully saturated rings. The van der Waals surface area contributed by atoms with Crippen LogP contribution in [-0.2, 0) is 28.6 Å². The minimum Gasteiger partial charge on any atom is -0.462 e. The van der Waals surface area contributed by atoms with Crippen molar-refractivity contribution in [1.29, 1.82) is 0 Å². The third-order valence-corrected chi connectivity index (χ3v) is 8.84. The molecular weight excluding hydrogens is 745 g/mol. The molecule has 0 heterocycles. The van der Waals surface area contributed by atoms with Gasteiger partial charge in [0.15, 0.2) is 6.10 Å². The normalized spacial score (nSPS) is 13.4. The zero-order chi connectivity index (χ0) is 43.7. The van der Waals surface area contributed by atoms with Gasteiger partial charge in [0, 0.05) is 19.3 Å². The van der Waals surface area contributed by atoms with E-state index < -0.39 is 12.1 Å². The van der Waals surface area contributed by atoms with Gasteiger partial charge in [-0.2, -0.15) is 0 Å². The van der Waals surface area contributed by atoms with Crippen molar-refractivity contribution < 1.29 is 28.6 Å². The van der Waals surface area contributed by atoms with Crippen LogP contribution >= 0.6 is 0 Å². The van der Waals surface area contributed by atoms with Gasteiger partial charge >= 0.3 is 17.9 Å². The summed E-state index contributed by atoms with van der Waals surface area (Å²) in [5.41, 5.74) is 0. The van der Waals surface area contributed by atoms with E-state index in [1.54, 1.807) is 0 Å². The van der Waals surface area contributed by atoms with E-state index in [1.807, 2.05) is 109 Å². The highest BCUT2D eigenvalue weighted by Gasteiger charge is 2.19. The van der Waals surface area contributed by atoms with Crippen molar-refractivity contribution in [3.8, 4) is 0 Å². The fourth-order valence-corrected chi connectivity index (χ4v) is 5.43. The third-order valence-electron chi connectivity index (χ3n) is 8.84. The first-order chi connectivity index (χ1) is 29.5. The van der Waals surface area contributed by atoms with Crippen molar-refractivity contribution in [2.75, 3.05) is 13.2 Å². The molecule has 0 N–H and O–H groups in total. The Morgan fingerprint density at radius 2 is 0.667 bits per heavy atom. The van der Waals surface area contributed by atoms with Gasteiger partial charge in [-0.15, -0.1) is 0 Å². The number of carbonyl (C=O) groups excluding carboxylic acids is 3. The predicted octanol–water partition coefficient (Wildman–Crippen LogP) is 14.9. The molecule has 0 radical (unpaired) electrons. The second kappa shape index (κ2) is 47.0. The van der Waals surface area contributed by atoms with Crippen LogP contribution < -0.4 is 0 Å². The summed E-state index contributed by atoms with van der Waals surface area (Å²) in [6.07, 6.45) is 67.0. The van der Waals surface area contributed by atoms with Crippen LogP contribution in [0.15, 0.2) is 146 Å². The van der Waals surface area contributed by atoms with Gasteiger partial charge < -0.3 is 14.2 Å². The summed E-state index contributed by atoms with van der Waals surface area (Å²) in [6.45, 7) is 6.15. The zero-order valence-electron chi connectivity index (χ0n) is 37.6. The summed E-state index contributed by atoms with van der Waals surface area (Å²) in [5, 5.41) is 0. The molecule has 0 aliphatic heterocycles. The Hall–Kier alpha value is -4.71. The molecule has 0 aromatic carbocycles. The number of allylic oxidation sites excluding steroid dienone is 24. The van der Waals surface area contributed by atoms with Crippen LogP contribution in [0.25, 0.3) is 0 Å². The van der Waals surface area contributed by atoms with E-state index in [2.05, 4.69) is 57.2 Å². The lowest BCUT2D eigenvalue weighted by Crippen LogP contribution is -2.30. The summed E-state index contributed by atoms with van der Waals surface area (Å²) in [7, 11) is 0. The van der Waals surface area contributed by atoms with Crippen molar-refractivity contribution in [3.63, 3.8) is 0 Å². The molecule has 60 heavy (non-hydrogen) atoms. The molecule has 6 nitrogen and oxygen atoms in total. The highest BCUT2D eigenvalue weighted by Crippen LogP contribution is 2.10. The summed E-state index contributed by atoms with van der Waals surface area (Å²) in [5.74, 6) is -1.14. The van der Waals surface area contributed by atoms with Gasteiger partial charge in [0.2, 0.25) is 0 Å². The lowest BCUT2D eigenvalue weighted by Gasteiger charge is -2.18. The van der Waals surface area contributed by atoms with E-state index in [0.29, 0.717) is 25.7 Å². The Bertz CT molecular complexity index is 1410. The Morgan fingerprint density at radius 1 is 0.350 bits per heavy atom. The minimum atomic E-state index is -0.859. The fourth-order valence-electron chi connectivity index (χ4n) is 5.43. The lowest BCUT2D eigenvalue weighted by atomic mass is 10.1. The van der Waals surface area contributed by atoms with Crippen LogP contribution in [-0.4, -0.2) is 37.2 Å². The molecule has 0 saturated carbocycles. The molecule has 1 atom stereocenters. The standard InChI is InChI=1S/C54H80O6/c1-4-7-10-13-16-19-22-25-26-27-30-32-35-38-41-44-47-53(56)59-50-51(60-54(57)48-45-42-39-36-33-29-24-21-18-15-12-9-6-3)49-58-52(55)46-43-40-37-34-31-28-23-20-17-14-11-8-5-2/h8-9,11-12,14-15,17-18,20-21,23-24,26-34,36-37,39,51H,4-7,10,13,16,19,22,25,35,38,40-50H2,1-3H3/b11-8-,12-9-,17-14-,18-15-,23-20-,24-21-,27-26-,31-28-,32-30-,33-29-,37-34-,39-36-. The smallest absolute Gasteiger partial charge is 0.306 e. The van der Waals surface area contributed by atoms with E-state index in [-0.39, 0.29) is 38.0 Å². The molecule has 0 saturated heterocycles. The highest BCUT2D eigenvalue weighted by molar-refractivity contribution is 5.71. The lowest BCUT2D eigenvalue weighted by molar-refractivity contribution is -0.167. The average molecular weight is 825 g/mol. The molecule has 6 heteroatoms. The van der Waals surface area contributed by atoms with E-state index in [0.717, 1.165) is 51.4 Å². The van der Waals surface area contributed by atoms with E-state index in [1.165, 1.54) is 44.9 Å². The van der Waals surface area contributed by atoms with Gasteiger partial charge in [-0.1, -0.05) is 212 Å². The molecule has 0 bridgehead atoms. The number of unbranched alkanes of at least 4 members (excludes halogenated alkanes) is 12. The van der Waals surface area contributed by atoms with Crippen molar-refractivity contribution in [1.82, 2.24) is 0 Å². The van der Waals surface area contributed by atoms with Crippen molar-refractivity contribution in [2.24, 2.45) is 0 Å². The second-order valence-corrected chi connectivity index (χ2v) is 14.5. The average Bonchev–Trinajstić information content (AvgIpc) is 3.24. The van der Waals surface area contributed by atoms with Crippen LogP contribution in [0, 0.1) is 0 Å². The maximum atomic E-state index is 12.7. The summed E-state index contributed by atoms with van der Waals surface area (Å²) in [4.78, 5) is 37.7. The van der Waals surface area contributed by atoms with Gasteiger partial charge in [-0.3, -0.25) is 14.4 Å². The Kier molecular flexibility index (Phi) is 43.3. The van der Waals surface area contributed by atoms with Gasteiger partial charge in [0.05, 0.1) is 0 Å². The molecule has 1 unspecified atom stereocenters. The molecule has 0 aliphatic carbocycles. The molecule has 0 aliphatic rings. The highest BCUT2D eigenvalue weighted by atomic mass is 16.6. The van der Waals surface area contributed by atoms with E-state index in [4.69, 9.17) is 14.2 Å². The largest absolute Gasteiger partial charge is 0.462 e. The number of ether oxygens (including phenoxy) is 3. The predicted molar refractivity (Wildman–Crippen MR) is 255 cm³/mol. The molecule has 332 valence electrons. The number of carbonyl (C=O) groups is 3. The van der Waals surface area contributed by atoms with Crippen molar-refractivity contribution in [2.45, 2.75) is 162 Å². The summed E-state index contributed by atoms with van der Waals surface area (Å²) >= 11 is 0. The molecule has 0 aromatic heterocycles. The van der Waals surface area contributed by atoms with Gasteiger partial charge in [0.25, 0.3) is 0 Å². The van der Waals surface area contributed by atoms with Crippen LogP contribution in [0.5, 0.6) is 0 Å². The number of rotatable bonds is 38. The fraction of sp³-hybridized carbons (Fsp3) is 0.500. The molecule has 0 spiro atoms. The monoisotopic (exact) mass is 825 g/mol. The Labute approximate surface area is 366 Å². The Balaban J connectivity index is 4.67. The quantitative estimate of drug-likeness (QED) is 0.0267. The summed E-state index contributed by atoms with van der Waals surface area (Å²) in [6, 6.07) is 0. The van der Waals surface area contributed by atoms with E-state index >= 15 is 0 Å². The van der Waals surface area contributed by atoms with Crippen LogP contribution in [0.3, 0.4) is 0 Å². The molecule has 0 rings (SSSR count). The van der Waals surface area contributed by atoms with Crippen molar-refractivity contribution in [3.05, 3.63) is 146 Å². The Morgan fingerprint density at radius 3 is 1.10 bits per heavy atom. The first-order valence-corrected chi connectivity index (χ1v) is 23.0.